The minimum atomic E-state index is -3.63. The number of sulfonamides is 1. The van der Waals surface area contributed by atoms with Crippen LogP contribution in [-0.4, -0.2) is 40.9 Å². The van der Waals surface area contributed by atoms with Gasteiger partial charge in [-0.2, -0.15) is 9.29 Å². The molecule has 8 heteroatoms. The molecule has 0 radical (unpaired) electrons. The maximum atomic E-state index is 13.3. The molecule has 1 aliphatic heterocycles. The van der Waals surface area contributed by atoms with Gasteiger partial charge in [0.05, 0.1) is 5.52 Å². The molecule has 1 aliphatic rings. The molecule has 0 atom stereocenters. The Morgan fingerprint density at radius 2 is 1.74 bits per heavy atom. The predicted molar refractivity (Wildman–Crippen MR) is 117 cm³/mol. The summed E-state index contributed by atoms with van der Waals surface area (Å²) in [7, 11) is -3.63. The lowest BCUT2D eigenvalue weighted by Crippen LogP contribution is -2.38. The molecule has 5 rings (SSSR count). The minimum absolute atomic E-state index is 0.0452. The van der Waals surface area contributed by atoms with Crippen LogP contribution in [0.25, 0.3) is 22.3 Å². The fourth-order valence-corrected chi connectivity index (χ4v) is 5.62. The summed E-state index contributed by atoms with van der Waals surface area (Å²) in [6.45, 7) is 2.83. The maximum absolute atomic E-state index is 13.3. The third kappa shape index (κ3) is 3.73. The molecule has 1 saturated heterocycles. The van der Waals surface area contributed by atoms with Gasteiger partial charge in [-0.25, -0.2) is 8.42 Å². The zero-order valence-corrected chi connectivity index (χ0v) is 17.9. The summed E-state index contributed by atoms with van der Waals surface area (Å²) in [4.78, 5) is 9.12. The van der Waals surface area contributed by atoms with Gasteiger partial charge < -0.3 is 4.52 Å². The van der Waals surface area contributed by atoms with Crippen LogP contribution in [0.1, 0.15) is 30.2 Å². The van der Waals surface area contributed by atoms with E-state index in [0.29, 0.717) is 43.2 Å². The van der Waals surface area contributed by atoms with E-state index in [4.69, 9.17) is 4.52 Å². The van der Waals surface area contributed by atoms with E-state index < -0.39 is 10.0 Å². The van der Waals surface area contributed by atoms with Gasteiger partial charge in [0.15, 0.2) is 0 Å². The average Bonchev–Trinajstić information content (AvgIpc) is 3.29. The van der Waals surface area contributed by atoms with Crippen molar-refractivity contribution in [1.82, 2.24) is 19.4 Å². The van der Waals surface area contributed by atoms with Crippen molar-refractivity contribution < 1.29 is 12.9 Å². The number of piperidine rings is 1. The molecule has 4 aromatic rings. The lowest BCUT2D eigenvalue weighted by atomic mass is 9.98. The van der Waals surface area contributed by atoms with E-state index in [1.807, 2.05) is 43.3 Å². The van der Waals surface area contributed by atoms with Crippen molar-refractivity contribution >= 4 is 20.9 Å². The fraction of sp³-hybridized carbons (Fsp3) is 0.261. The van der Waals surface area contributed by atoms with E-state index in [1.54, 1.807) is 24.4 Å². The Hall–Kier alpha value is -3.10. The Bertz CT molecular complexity index is 1320. The second-order valence-electron chi connectivity index (χ2n) is 7.83. The van der Waals surface area contributed by atoms with Crippen LogP contribution in [0, 0.1) is 6.92 Å². The van der Waals surface area contributed by atoms with Gasteiger partial charge in [-0.3, -0.25) is 4.98 Å². The normalized spacial score (nSPS) is 16.0. The molecule has 31 heavy (non-hydrogen) atoms. The highest BCUT2D eigenvalue weighted by Gasteiger charge is 2.33. The summed E-state index contributed by atoms with van der Waals surface area (Å²) in [5.41, 5.74) is 2.58. The van der Waals surface area contributed by atoms with E-state index in [1.165, 1.54) is 9.87 Å². The molecule has 0 spiro atoms. The van der Waals surface area contributed by atoms with Crippen molar-refractivity contribution in [2.75, 3.05) is 13.1 Å². The predicted octanol–water partition coefficient (Wildman–Crippen LogP) is 4.16. The standard InChI is InChI=1S/C23H22N4O3S/c1-16-7-9-18(10-8-16)22-25-23(30-26-22)19-11-14-27(15-12-19)31(28,29)20-6-2-4-17-5-3-13-24-21(17)20/h2-10,13,19H,11-12,14-15H2,1H3. The quantitative estimate of drug-likeness (QED) is 0.479. The molecule has 0 aliphatic carbocycles. The molecule has 1 fully saturated rings. The summed E-state index contributed by atoms with van der Waals surface area (Å²) in [5.74, 6) is 1.18. The van der Waals surface area contributed by atoms with Crippen molar-refractivity contribution in [1.29, 1.82) is 0 Å². The Labute approximate surface area is 180 Å². The van der Waals surface area contributed by atoms with Crippen LogP contribution in [0.4, 0.5) is 0 Å². The van der Waals surface area contributed by atoms with E-state index in [0.717, 1.165) is 10.9 Å². The topological polar surface area (TPSA) is 89.2 Å². The lowest BCUT2D eigenvalue weighted by molar-refractivity contribution is 0.271. The van der Waals surface area contributed by atoms with Crippen molar-refractivity contribution in [2.24, 2.45) is 0 Å². The number of para-hydroxylation sites is 1. The van der Waals surface area contributed by atoms with Gasteiger partial charge in [-0.1, -0.05) is 53.2 Å². The highest BCUT2D eigenvalue weighted by atomic mass is 32.2. The SMILES string of the molecule is Cc1ccc(-c2noc(C3CCN(S(=O)(=O)c4cccc5cccnc45)CC3)n2)cc1. The zero-order chi connectivity index (χ0) is 21.4. The maximum Gasteiger partial charge on any atom is 0.245 e. The van der Waals surface area contributed by atoms with Crippen LogP contribution in [0.2, 0.25) is 0 Å². The summed E-state index contributed by atoms with van der Waals surface area (Å²) >= 11 is 0. The second-order valence-corrected chi connectivity index (χ2v) is 9.74. The molecule has 0 N–H and O–H groups in total. The van der Waals surface area contributed by atoms with Gasteiger partial charge in [0, 0.05) is 36.2 Å². The number of benzene rings is 2. The first-order valence-corrected chi connectivity index (χ1v) is 11.7. The molecule has 158 valence electrons. The van der Waals surface area contributed by atoms with Gasteiger partial charge in [0.2, 0.25) is 21.7 Å². The molecule has 0 amide bonds. The van der Waals surface area contributed by atoms with Crippen LogP contribution in [0.5, 0.6) is 0 Å². The molecular formula is C23H22N4O3S. The van der Waals surface area contributed by atoms with Crippen LogP contribution in [0.3, 0.4) is 0 Å². The molecule has 2 aromatic carbocycles. The van der Waals surface area contributed by atoms with Gasteiger partial charge in [-0.05, 0) is 31.9 Å². The number of hydrogen-bond donors (Lipinski definition) is 0. The van der Waals surface area contributed by atoms with Gasteiger partial charge in [0.1, 0.15) is 4.90 Å². The minimum Gasteiger partial charge on any atom is -0.339 e. The molecule has 0 saturated carbocycles. The van der Waals surface area contributed by atoms with E-state index in [2.05, 4.69) is 15.1 Å². The first-order valence-electron chi connectivity index (χ1n) is 10.3. The third-order valence-electron chi connectivity index (χ3n) is 5.77. The molecule has 2 aromatic heterocycles. The zero-order valence-electron chi connectivity index (χ0n) is 17.1. The summed E-state index contributed by atoms with van der Waals surface area (Å²) in [6, 6.07) is 16.9. The number of rotatable bonds is 4. The Balaban J connectivity index is 1.33. The lowest BCUT2D eigenvalue weighted by Gasteiger charge is -2.29. The smallest absolute Gasteiger partial charge is 0.245 e. The number of aromatic nitrogens is 3. The first-order chi connectivity index (χ1) is 15.0. The molecule has 0 bridgehead atoms. The summed E-state index contributed by atoms with van der Waals surface area (Å²) in [5, 5.41) is 4.93. The molecule has 3 heterocycles. The highest BCUT2D eigenvalue weighted by Crippen LogP contribution is 2.32. The second kappa shape index (κ2) is 7.86. The molecule has 0 unspecified atom stereocenters. The van der Waals surface area contributed by atoms with Crippen molar-refractivity contribution in [2.45, 2.75) is 30.6 Å². The summed E-state index contributed by atoms with van der Waals surface area (Å²) in [6.07, 6.45) is 2.88. The largest absolute Gasteiger partial charge is 0.339 e. The highest BCUT2D eigenvalue weighted by molar-refractivity contribution is 7.89. The van der Waals surface area contributed by atoms with E-state index >= 15 is 0 Å². The molecule has 7 nitrogen and oxygen atoms in total. The van der Waals surface area contributed by atoms with Crippen molar-refractivity contribution in [3.63, 3.8) is 0 Å². The monoisotopic (exact) mass is 434 g/mol. The number of hydrogen-bond acceptors (Lipinski definition) is 6. The van der Waals surface area contributed by atoms with Crippen molar-refractivity contribution in [3.05, 3.63) is 72.2 Å². The number of aryl methyl sites for hydroxylation is 1. The first kappa shape index (κ1) is 19.8. The Morgan fingerprint density at radius 3 is 2.52 bits per heavy atom. The Morgan fingerprint density at radius 1 is 1.00 bits per heavy atom. The Kier molecular flexibility index (Phi) is 5.03. The summed E-state index contributed by atoms with van der Waals surface area (Å²) < 4.78 is 33.6. The fourth-order valence-electron chi connectivity index (χ4n) is 3.99. The molecular weight excluding hydrogens is 412 g/mol. The van der Waals surface area contributed by atoms with Gasteiger partial charge >= 0.3 is 0 Å². The van der Waals surface area contributed by atoms with Crippen LogP contribution in [0.15, 0.2) is 70.2 Å². The van der Waals surface area contributed by atoms with E-state index in [-0.39, 0.29) is 10.8 Å². The number of fused-ring (bicyclic) bond motifs is 1. The number of pyridine rings is 1. The van der Waals surface area contributed by atoms with Gasteiger partial charge in [-0.15, -0.1) is 0 Å². The van der Waals surface area contributed by atoms with Crippen LogP contribution in [-0.2, 0) is 10.0 Å². The van der Waals surface area contributed by atoms with E-state index in [9.17, 15) is 8.42 Å². The number of nitrogens with zero attached hydrogens (tertiary/aromatic N) is 4. The van der Waals surface area contributed by atoms with Crippen LogP contribution >= 0.6 is 0 Å². The van der Waals surface area contributed by atoms with Gasteiger partial charge in [0.25, 0.3) is 0 Å². The third-order valence-corrected chi connectivity index (χ3v) is 7.70. The van der Waals surface area contributed by atoms with Crippen LogP contribution < -0.4 is 0 Å². The van der Waals surface area contributed by atoms with Crippen molar-refractivity contribution in [3.8, 4) is 11.4 Å². The average molecular weight is 435 g/mol.